The molecule has 6 aliphatic rings. The Labute approximate surface area is 226 Å². The number of carbonyl (C=O) groups is 1. The predicted molar refractivity (Wildman–Crippen MR) is 146 cm³/mol. The molecule has 0 bridgehead atoms. The molecule has 5 aliphatic carbocycles. The SMILES string of the molecule is CO[C@H]1C[C@]2(C)CC[C@]3(C)[C@H](CC[C@@H]4[C@@]5(C)CC[C@H](OC(C)=O)C(C)(C)[C@@H]5CC[C@]43C)[C@]23O[C@]13C(C)C. The van der Waals surface area contributed by atoms with Gasteiger partial charge in [0.2, 0.25) is 0 Å². The molecule has 4 heteroatoms. The first-order chi connectivity index (χ1) is 17.1. The minimum Gasteiger partial charge on any atom is -0.462 e. The quantitative estimate of drug-likeness (QED) is 0.288. The van der Waals surface area contributed by atoms with E-state index in [1.807, 2.05) is 7.11 Å². The fourth-order valence-electron chi connectivity index (χ4n) is 13.0. The van der Waals surface area contributed by atoms with Gasteiger partial charge in [0.1, 0.15) is 17.3 Å². The Kier molecular flexibility index (Phi) is 5.44. The lowest BCUT2D eigenvalue weighted by Crippen LogP contribution is -2.68. The van der Waals surface area contributed by atoms with Crippen molar-refractivity contribution >= 4 is 5.97 Å². The van der Waals surface area contributed by atoms with Crippen LogP contribution in [0.2, 0.25) is 0 Å². The highest BCUT2D eigenvalue weighted by molar-refractivity contribution is 5.66. The number of esters is 1. The molecule has 0 amide bonds. The molecule has 1 spiro atoms. The van der Waals surface area contributed by atoms with Gasteiger partial charge in [-0.3, -0.25) is 4.79 Å². The van der Waals surface area contributed by atoms with Gasteiger partial charge >= 0.3 is 5.97 Å². The Morgan fingerprint density at radius 1 is 0.811 bits per heavy atom. The number of hydrogen-bond acceptors (Lipinski definition) is 4. The third-order valence-corrected chi connectivity index (χ3v) is 14.8. The first kappa shape index (κ1) is 26.6. The maximum atomic E-state index is 11.9. The van der Waals surface area contributed by atoms with Gasteiger partial charge in [-0.2, -0.15) is 0 Å². The fraction of sp³-hybridized carbons (Fsp3) is 0.970. The zero-order valence-corrected chi connectivity index (χ0v) is 25.5. The summed E-state index contributed by atoms with van der Waals surface area (Å²) in [6.07, 6.45) is 11.3. The van der Waals surface area contributed by atoms with Crippen LogP contribution < -0.4 is 0 Å². The molecule has 1 saturated heterocycles. The summed E-state index contributed by atoms with van der Waals surface area (Å²) in [5, 5.41) is 0. The highest BCUT2D eigenvalue weighted by Crippen LogP contribution is 2.85. The summed E-state index contributed by atoms with van der Waals surface area (Å²) in [6, 6.07) is 0. The van der Waals surface area contributed by atoms with Crippen LogP contribution in [0.5, 0.6) is 0 Å². The van der Waals surface area contributed by atoms with Crippen LogP contribution in [0, 0.1) is 50.7 Å². The van der Waals surface area contributed by atoms with Gasteiger partial charge in [-0.1, -0.05) is 55.4 Å². The number of fused-ring (bicyclic) bond motifs is 5. The summed E-state index contributed by atoms with van der Waals surface area (Å²) < 4.78 is 19.3. The van der Waals surface area contributed by atoms with Gasteiger partial charge in [-0.15, -0.1) is 0 Å². The molecule has 6 fully saturated rings. The Bertz CT molecular complexity index is 989. The van der Waals surface area contributed by atoms with Gasteiger partial charge in [0.25, 0.3) is 0 Å². The molecule has 0 aromatic carbocycles. The van der Waals surface area contributed by atoms with Crippen molar-refractivity contribution in [3.63, 3.8) is 0 Å². The van der Waals surface area contributed by atoms with Crippen LogP contribution in [-0.4, -0.2) is 36.5 Å². The number of carbonyl (C=O) groups excluding carboxylic acids is 1. The van der Waals surface area contributed by atoms with E-state index in [1.54, 1.807) is 6.92 Å². The van der Waals surface area contributed by atoms with E-state index in [4.69, 9.17) is 14.2 Å². The van der Waals surface area contributed by atoms with Crippen LogP contribution >= 0.6 is 0 Å². The van der Waals surface area contributed by atoms with Crippen LogP contribution in [0.3, 0.4) is 0 Å². The predicted octanol–water partition coefficient (Wildman–Crippen LogP) is 7.58. The third-order valence-electron chi connectivity index (χ3n) is 14.8. The second-order valence-corrected chi connectivity index (χ2v) is 16.3. The van der Waals surface area contributed by atoms with Crippen molar-refractivity contribution in [3.05, 3.63) is 0 Å². The van der Waals surface area contributed by atoms with Crippen molar-refractivity contribution in [2.75, 3.05) is 7.11 Å². The van der Waals surface area contributed by atoms with E-state index in [0.717, 1.165) is 12.8 Å². The minimum absolute atomic E-state index is 0.0190. The first-order valence-electron chi connectivity index (χ1n) is 15.5. The molecule has 1 aliphatic heterocycles. The number of ether oxygens (including phenoxy) is 3. The van der Waals surface area contributed by atoms with E-state index >= 15 is 0 Å². The molecule has 1 heterocycles. The zero-order chi connectivity index (χ0) is 27.0. The normalized spacial score (nSPS) is 57.4. The summed E-state index contributed by atoms with van der Waals surface area (Å²) in [5.74, 6) is 2.26. The molecule has 0 aromatic heterocycles. The van der Waals surface area contributed by atoms with E-state index in [2.05, 4.69) is 55.4 Å². The van der Waals surface area contributed by atoms with E-state index in [9.17, 15) is 4.79 Å². The summed E-state index contributed by atoms with van der Waals surface area (Å²) in [5.41, 5.74) is 0.976. The molecule has 0 unspecified atom stereocenters. The standard InChI is InChI=1S/C33H54O4/c1-20(2)32-26(35-10)19-28(6)17-18-31(9)24(33(28,32)37-32)12-11-23-29(7)15-14-25(36-21(3)34)27(4,5)22(29)13-16-30(23,31)8/h20,22-26H,11-19H2,1-10H3/t22-,23+,24-,25-,26-,28-,29-,30+,31+,32+,33-/m0/s1. The van der Waals surface area contributed by atoms with E-state index < -0.39 is 0 Å². The lowest BCUT2D eigenvalue weighted by atomic mass is 9.32. The van der Waals surface area contributed by atoms with Crippen LogP contribution in [-0.2, 0) is 19.0 Å². The summed E-state index contributed by atoms with van der Waals surface area (Å²) >= 11 is 0. The van der Waals surface area contributed by atoms with E-state index in [0.29, 0.717) is 34.5 Å². The molecule has 37 heavy (non-hydrogen) atoms. The highest BCUT2D eigenvalue weighted by atomic mass is 16.7. The van der Waals surface area contributed by atoms with Crippen LogP contribution in [0.4, 0.5) is 0 Å². The van der Waals surface area contributed by atoms with Crippen LogP contribution in [0.25, 0.3) is 0 Å². The molecule has 0 aromatic rings. The molecule has 5 saturated carbocycles. The van der Waals surface area contributed by atoms with Gasteiger partial charge in [0, 0.05) is 24.9 Å². The number of rotatable bonds is 3. The van der Waals surface area contributed by atoms with Crippen molar-refractivity contribution in [1.82, 2.24) is 0 Å². The number of epoxide rings is 1. The first-order valence-corrected chi connectivity index (χ1v) is 15.5. The highest BCUT2D eigenvalue weighted by Gasteiger charge is 2.91. The van der Waals surface area contributed by atoms with Gasteiger partial charge in [-0.05, 0) is 97.7 Å². The number of hydrogen-bond donors (Lipinski definition) is 0. The molecule has 0 N–H and O–H groups in total. The summed E-state index contributed by atoms with van der Waals surface area (Å²) in [6.45, 7) is 21.7. The van der Waals surface area contributed by atoms with Gasteiger partial charge < -0.3 is 14.2 Å². The van der Waals surface area contributed by atoms with Crippen molar-refractivity contribution in [2.24, 2.45) is 50.7 Å². The molecule has 6 rings (SSSR count). The number of methoxy groups -OCH3 is 1. The molecule has 210 valence electrons. The fourth-order valence-corrected chi connectivity index (χ4v) is 13.0. The molecule has 11 atom stereocenters. The summed E-state index contributed by atoms with van der Waals surface area (Å²) in [7, 11) is 1.91. The zero-order valence-electron chi connectivity index (χ0n) is 25.5. The Balaban J connectivity index is 1.38. The molecule has 4 nitrogen and oxygen atoms in total. The Morgan fingerprint density at radius 2 is 1.46 bits per heavy atom. The second-order valence-electron chi connectivity index (χ2n) is 16.3. The maximum Gasteiger partial charge on any atom is 0.302 e. The van der Waals surface area contributed by atoms with Crippen molar-refractivity contribution in [2.45, 2.75) is 144 Å². The lowest BCUT2D eigenvalue weighted by Gasteiger charge is -2.72. The van der Waals surface area contributed by atoms with E-state index in [-0.39, 0.29) is 45.6 Å². The monoisotopic (exact) mass is 514 g/mol. The van der Waals surface area contributed by atoms with Crippen molar-refractivity contribution < 1.29 is 19.0 Å². The van der Waals surface area contributed by atoms with Crippen LogP contribution in [0.15, 0.2) is 0 Å². The largest absolute Gasteiger partial charge is 0.462 e. The second kappa shape index (κ2) is 7.56. The Hall–Kier alpha value is -0.610. The minimum atomic E-state index is -0.121. The average molecular weight is 515 g/mol. The topological polar surface area (TPSA) is 48.1 Å². The average Bonchev–Trinajstić information content (AvgIpc) is 3.45. The van der Waals surface area contributed by atoms with E-state index in [1.165, 1.54) is 44.9 Å². The molecule has 0 radical (unpaired) electrons. The van der Waals surface area contributed by atoms with Crippen molar-refractivity contribution in [1.29, 1.82) is 0 Å². The van der Waals surface area contributed by atoms with Gasteiger partial charge in [0.05, 0.1) is 6.10 Å². The smallest absolute Gasteiger partial charge is 0.302 e. The maximum absolute atomic E-state index is 11.9. The molecular formula is C33H54O4. The molecular weight excluding hydrogens is 460 g/mol. The lowest BCUT2D eigenvalue weighted by molar-refractivity contribution is -0.251. The summed E-state index contributed by atoms with van der Waals surface area (Å²) in [4.78, 5) is 11.9. The van der Waals surface area contributed by atoms with Crippen LogP contribution in [0.1, 0.15) is 120 Å². The van der Waals surface area contributed by atoms with Gasteiger partial charge in [-0.25, -0.2) is 0 Å². The van der Waals surface area contributed by atoms with Crippen molar-refractivity contribution in [3.8, 4) is 0 Å². The third kappa shape index (κ3) is 2.77. The Morgan fingerprint density at radius 3 is 2.08 bits per heavy atom. The van der Waals surface area contributed by atoms with Gasteiger partial charge in [0.15, 0.2) is 0 Å².